The fourth-order valence-corrected chi connectivity index (χ4v) is 5.05. The maximum atomic E-state index is 13.0. The van der Waals surface area contributed by atoms with Crippen molar-refractivity contribution in [1.82, 2.24) is 29.8 Å². The standard InChI is InChI=1S/C25H30N6O4/c1-15(2)31-19(9-12-26-31)25(34)30-13-10-16(11-14-30)35-20-6-4-5-17-22(28-29(3)23(17)20)18-7-8-21(32)27-24(18)33/h4-6,9,12,15-16,18H,7-8,10-11,13-14H2,1-3H3,(H,27,32,33). The number of benzene rings is 1. The Morgan fingerprint density at radius 1 is 1.14 bits per heavy atom. The maximum absolute atomic E-state index is 13.0. The molecule has 3 amide bonds. The van der Waals surface area contributed by atoms with Gasteiger partial charge >= 0.3 is 0 Å². The lowest BCUT2D eigenvalue weighted by Crippen LogP contribution is -2.42. The van der Waals surface area contributed by atoms with E-state index in [9.17, 15) is 14.4 Å². The number of nitrogens with one attached hydrogen (secondary N) is 1. The molecule has 1 aromatic carbocycles. The smallest absolute Gasteiger partial charge is 0.272 e. The lowest BCUT2D eigenvalue weighted by molar-refractivity contribution is -0.134. The number of hydrogen-bond acceptors (Lipinski definition) is 6. The summed E-state index contributed by atoms with van der Waals surface area (Å²) >= 11 is 0. The molecule has 1 N–H and O–H groups in total. The first-order chi connectivity index (χ1) is 16.8. The summed E-state index contributed by atoms with van der Waals surface area (Å²) in [4.78, 5) is 38.9. The van der Waals surface area contributed by atoms with Gasteiger partial charge in [-0.05, 0) is 32.4 Å². The number of aromatic nitrogens is 4. The van der Waals surface area contributed by atoms with E-state index in [1.54, 1.807) is 21.6 Å². The third kappa shape index (κ3) is 4.28. The minimum absolute atomic E-state index is 0.00253. The van der Waals surface area contributed by atoms with E-state index in [0.29, 0.717) is 43.1 Å². The number of nitrogens with zero attached hydrogens (tertiary/aromatic N) is 5. The molecule has 2 saturated heterocycles. The van der Waals surface area contributed by atoms with E-state index in [1.807, 2.05) is 44.0 Å². The average molecular weight is 479 g/mol. The summed E-state index contributed by atoms with van der Waals surface area (Å²) in [7, 11) is 1.84. The van der Waals surface area contributed by atoms with E-state index in [1.165, 1.54) is 0 Å². The normalized spacial score (nSPS) is 19.4. The van der Waals surface area contributed by atoms with E-state index in [2.05, 4.69) is 15.5 Å². The number of likely N-dealkylation sites (tertiary alicyclic amines) is 1. The highest BCUT2D eigenvalue weighted by atomic mass is 16.5. The molecule has 5 rings (SSSR count). The van der Waals surface area contributed by atoms with Crippen LogP contribution in [0.2, 0.25) is 0 Å². The second-order valence-corrected chi connectivity index (χ2v) is 9.53. The number of ether oxygens (including phenoxy) is 1. The van der Waals surface area contributed by atoms with Crippen LogP contribution in [0.4, 0.5) is 0 Å². The highest BCUT2D eigenvalue weighted by Crippen LogP contribution is 2.35. The summed E-state index contributed by atoms with van der Waals surface area (Å²) in [6.07, 6.45) is 3.82. The largest absolute Gasteiger partial charge is 0.488 e. The van der Waals surface area contributed by atoms with Crippen molar-refractivity contribution in [3.05, 3.63) is 41.9 Å². The van der Waals surface area contributed by atoms with Crippen molar-refractivity contribution in [1.29, 1.82) is 0 Å². The molecule has 2 aliphatic heterocycles. The van der Waals surface area contributed by atoms with Gasteiger partial charge < -0.3 is 9.64 Å². The number of amides is 3. The Kier molecular flexibility index (Phi) is 6.04. The molecule has 0 spiro atoms. The Morgan fingerprint density at radius 2 is 1.91 bits per heavy atom. The lowest BCUT2D eigenvalue weighted by atomic mass is 9.93. The van der Waals surface area contributed by atoms with E-state index >= 15 is 0 Å². The van der Waals surface area contributed by atoms with Crippen LogP contribution in [-0.4, -0.2) is 61.4 Å². The predicted octanol–water partition coefficient (Wildman–Crippen LogP) is 2.55. The predicted molar refractivity (Wildman–Crippen MR) is 128 cm³/mol. The molecule has 0 radical (unpaired) electrons. The molecule has 2 aliphatic rings. The molecule has 1 unspecified atom stereocenters. The van der Waals surface area contributed by atoms with Crippen LogP contribution in [0.5, 0.6) is 5.75 Å². The van der Waals surface area contributed by atoms with Crippen LogP contribution in [0.25, 0.3) is 10.9 Å². The number of imide groups is 1. The summed E-state index contributed by atoms with van der Waals surface area (Å²) in [6.45, 7) is 5.23. The number of para-hydroxylation sites is 1. The first-order valence-electron chi connectivity index (χ1n) is 12.1. The van der Waals surface area contributed by atoms with E-state index in [0.717, 1.165) is 23.7 Å². The van der Waals surface area contributed by atoms with Gasteiger partial charge in [-0.15, -0.1) is 0 Å². The molecular formula is C25H30N6O4. The average Bonchev–Trinajstić information content (AvgIpc) is 3.45. The molecule has 4 heterocycles. The molecule has 10 heteroatoms. The van der Waals surface area contributed by atoms with Crippen molar-refractivity contribution >= 4 is 28.6 Å². The molecular weight excluding hydrogens is 448 g/mol. The Bertz CT molecular complexity index is 1280. The Hall–Kier alpha value is -3.69. The second-order valence-electron chi connectivity index (χ2n) is 9.53. The van der Waals surface area contributed by atoms with Gasteiger partial charge in [-0.2, -0.15) is 10.2 Å². The van der Waals surface area contributed by atoms with Crippen LogP contribution in [0.1, 0.15) is 67.7 Å². The van der Waals surface area contributed by atoms with Crippen molar-refractivity contribution in [3.63, 3.8) is 0 Å². The lowest BCUT2D eigenvalue weighted by Gasteiger charge is -2.32. The van der Waals surface area contributed by atoms with Gasteiger partial charge in [-0.25, -0.2) is 0 Å². The Labute approximate surface area is 203 Å². The quantitative estimate of drug-likeness (QED) is 0.564. The molecule has 35 heavy (non-hydrogen) atoms. The van der Waals surface area contributed by atoms with Crippen LogP contribution in [0.3, 0.4) is 0 Å². The van der Waals surface area contributed by atoms with Crippen LogP contribution < -0.4 is 10.1 Å². The molecule has 0 saturated carbocycles. The van der Waals surface area contributed by atoms with Gasteiger partial charge in [-0.3, -0.25) is 29.1 Å². The molecule has 3 aromatic rings. The Morgan fingerprint density at radius 3 is 2.63 bits per heavy atom. The number of rotatable bonds is 5. The number of fused-ring (bicyclic) bond motifs is 1. The van der Waals surface area contributed by atoms with Gasteiger partial charge in [0.25, 0.3) is 5.91 Å². The number of piperidine rings is 2. The van der Waals surface area contributed by atoms with Crippen LogP contribution in [-0.2, 0) is 16.6 Å². The molecule has 184 valence electrons. The number of carbonyl (C=O) groups is 3. The minimum Gasteiger partial charge on any atom is -0.488 e. The number of hydrogen-bond donors (Lipinski definition) is 1. The first kappa shape index (κ1) is 23.1. The topological polar surface area (TPSA) is 111 Å². The zero-order chi connectivity index (χ0) is 24.7. The summed E-state index contributed by atoms with van der Waals surface area (Å²) in [5.74, 6) is -0.298. The fourth-order valence-electron chi connectivity index (χ4n) is 5.05. The van der Waals surface area contributed by atoms with Crippen molar-refractivity contribution in [3.8, 4) is 5.75 Å². The molecule has 2 fully saturated rings. The van der Waals surface area contributed by atoms with Crippen LogP contribution in [0, 0.1) is 0 Å². The third-order valence-electron chi connectivity index (χ3n) is 6.83. The van der Waals surface area contributed by atoms with Gasteiger partial charge in [0.2, 0.25) is 11.8 Å². The van der Waals surface area contributed by atoms with E-state index in [4.69, 9.17) is 4.74 Å². The highest BCUT2D eigenvalue weighted by molar-refractivity contribution is 6.03. The summed E-state index contributed by atoms with van der Waals surface area (Å²) in [5.41, 5.74) is 2.10. The van der Waals surface area contributed by atoms with Gasteiger partial charge in [0.15, 0.2) is 0 Å². The Balaban J connectivity index is 1.30. The highest BCUT2D eigenvalue weighted by Gasteiger charge is 2.33. The number of carbonyl (C=O) groups excluding carboxylic acids is 3. The van der Waals surface area contributed by atoms with Crippen LogP contribution >= 0.6 is 0 Å². The molecule has 0 bridgehead atoms. The summed E-state index contributed by atoms with van der Waals surface area (Å²) < 4.78 is 9.91. The van der Waals surface area contributed by atoms with E-state index in [-0.39, 0.29) is 29.9 Å². The molecule has 1 atom stereocenters. The van der Waals surface area contributed by atoms with Gasteiger partial charge in [0, 0.05) is 57.0 Å². The monoisotopic (exact) mass is 478 g/mol. The van der Waals surface area contributed by atoms with Gasteiger partial charge in [0.1, 0.15) is 23.1 Å². The zero-order valence-electron chi connectivity index (χ0n) is 20.2. The maximum Gasteiger partial charge on any atom is 0.272 e. The van der Waals surface area contributed by atoms with Gasteiger partial charge in [-0.1, -0.05) is 12.1 Å². The SMILES string of the molecule is CC(C)n1nccc1C(=O)N1CCC(Oc2cccc3c(C4CCC(=O)NC4=O)nn(C)c23)CC1. The van der Waals surface area contributed by atoms with E-state index < -0.39 is 5.92 Å². The summed E-state index contributed by atoms with van der Waals surface area (Å²) in [5, 5.41) is 12.2. The summed E-state index contributed by atoms with van der Waals surface area (Å²) in [6, 6.07) is 7.65. The van der Waals surface area contributed by atoms with Crippen molar-refractivity contribution in [2.75, 3.05) is 13.1 Å². The molecule has 2 aromatic heterocycles. The first-order valence-corrected chi connectivity index (χ1v) is 12.1. The molecule has 10 nitrogen and oxygen atoms in total. The van der Waals surface area contributed by atoms with Crippen molar-refractivity contribution < 1.29 is 19.1 Å². The minimum atomic E-state index is -0.458. The third-order valence-corrected chi connectivity index (χ3v) is 6.83. The van der Waals surface area contributed by atoms with Gasteiger partial charge in [0.05, 0.1) is 11.6 Å². The molecule has 0 aliphatic carbocycles. The number of aryl methyl sites for hydroxylation is 1. The zero-order valence-corrected chi connectivity index (χ0v) is 20.2. The fraction of sp³-hybridized carbons (Fsp3) is 0.480. The van der Waals surface area contributed by atoms with Crippen molar-refractivity contribution in [2.45, 2.75) is 57.6 Å². The van der Waals surface area contributed by atoms with Crippen molar-refractivity contribution in [2.24, 2.45) is 7.05 Å². The second kappa shape index (κ2) is 9.16. The van der Waals surface area contributed by atoms with Crippen LogP contribution in [0.15, 0.2) is 30.5 Å².